The fourth-order valence-electron chi connectivity index (χ4n) is 2.95. The van der Waals surface area contributed by atoms with Gasteiger partial charge >= 0.3 is 0 Å². The summed E-state index contributed by atoms with van der Waals surface area (Å²) in [5.74, 6) is 0.887. The maximum Gasteiger partial charge on any atom is 0.255 e. The minimum Gasteiger partial charge on any atom is -0.492 e. The number of hydrogen-bond acceptors (Lipinski definition) is 3. The Hall–Kier alpha value is -3.12. The Balaban J connectivity index is 1.55. The van der Waals surface area contributed by atoms with E-state index >= 15 is 0 Å². The average molecular weight is 495 g/mol. The van der Waals surface area contributed by atoms with Gasteiger partial charge in [-0.2, -0.15) is 0 Å². The van der Waals surface area contributed by atoms with Crippen molar-refractivity contribution in [2.45, 2.75) is 26.8 Å². The summed E-state index contributed by atoms with van der Waals surface area (Å²) in [6.45, 7) is 5.39. The van der Waals surface area contributed by atoms with Crippen molar-refractivity contribution < 1.29 is 14.3 Å². The second-order valence-electron chi connectivity index (χ2n) is 7.88. The molecule has 3 aromatic rings. The molecule has 5 nitrogen and oxygen atoms in total. The van der Waals surface area contributed by atoms with E-state index in [1.54, 1.807) is 42.5 Å². The maximum atomic E-state index is 12.6. The topological polar surface area (TPSA) is 67.4 Å². The SMILES string of the molecule is CC(C)CCOc1ccc(C(=O)Nc2ccc(C(=O)NCc3ccccc3)cc2)cc1Br. The van der Waals surface area contributed by atoms with Gasteiger partial charge < -0.3 is 15.4 Å². The lowest BCUT2D eigenvalue weighted by Gasteiger charge is -2.11. The minimum absolute atomic E-state index is 0.163. The Bertz CT molecular complexity index is 1050. The molecule has 0 bridgehead atoms. The van der Waals surface area contributed by atoms with Crippen LogP contribution in [0.25, 0.3) is 0 Å². The van der Waals surface area contributed by atoms with E-state index in [1.807, 2.05) is 30.3 Å². The standard InChI is InChI=1S/C26H27BrN2O3/c1-18(2)14-15-32-24-13-10-21(16-23(24)27)26(31)29-22-11-8-20(9-12-22)25(30)28-17-19-6-4-3-5-7-19/h3-13,16,18H,14-15,17H2,1-2H3,(H,28,30)(H,29,31). The molecular formula is C26H27BrN2O3. The zero-order valence-corrected chi connectivity index (χ0v) is 19.8. The van der Waals surface area contributed by atoms with E-state index < -0.39 is 0 Å². The van der Waals surface area contributed by atoms with E-state index in [-0.39, 0.29) is 11.8 Å². The summed E-state index contributed by atoms with van der Waals surface area (Å²) < 4.78 is 6.50. The molecular weight excluding hydrogens is 468 g/mol. The number of benzene rings is 3. The van der Waals surface area contributed by atoms with Crippen LogP contribution in [0, 0.1) is 5.92 Å². The second kappa shape index (κ2) is 11.5. The third kappa shape index (κ3) is 6.95. The smallest absolute Gasteiger partial charge is 0.255 e. The molecule has 0 aliphatic carbocycles. The summed E-state index contributed by atoms with van der Waals surface area (Å²) in [5, 5.41) is 5.74. The Labute approximate surface area is 197 Å². The molecule has 0 aromatic heterocycles. The van der Waals surface area contributed by atoms with Crippen LogP contribution in [0.1, 0.15) is 46.5 Å². The van der Waals surface area contributed by atoms with E-state index in [0.717, 1.165) is 16.5 Å². The molecule has 3 aromatic carbocycles. The molecule has 0 aliphatic rings. The quantitative estimate of drug-likeness (QED) is 0.380. The second-order valence-corrected chi connectivity index (χ2v) is 8.73. The van der Waals surface area contributed by atoms with Crippen molar-refractivity contribution in [1.82, 2.24) is 5.32 Å². The van der Waals surface area contributed by atoms with Crippen molar-refractivity contribution in [3.63, 3.8) is 0 Å². The molecule has 0 heterocycles. The lowest BCUT2D eigenvalue weighted by Crippen LogP contribution is -2.22. The van der Waals surface area contributed by atoms with E-state index in [9.17, 15) is 9.59 Å². The number of carbonyl (C=O) groups is 2. The minimum atomic E-state index is -0.235. The number of halogens is 1. The van der Waals surface area contributed by atoms with Crippen LogP contribution in [0.15, 0.2) is 77.3 Å². The van der Waals surface area contributed by atoms with Crippen LogP contribution in [0.4, 0.5) is 5.69 Å². The van der Waals surface area contributed by atoms with Crippen molar-refractivity contribution in [2.75, 3.05) is 11.9 Å². The van der Waals surface area contributed by atoms with Crippen LogP contribution in [-0.4, -0.2) is 18.4 Å². The van der Waals surface area contributed by atoms with Crippen molar-refractivity contribution in [3.05, 3.63) is 94.0 Å². The monoisotopic (exact) mass is 494 g/mol. The highest BCUT2D eigenvalue weighted by Crippen LogP contribution is 2.27. The van der Waals surface area contributed by atoms with Crippen LogP contribution in [0.3, 0.4) is 0 Å². The van der Waals surface area contributed by atoms with Crippen molar-refractivity contribution in [2.24, 2.45) is 5.92 Å². The van der Waals surface area contributed by atoms with Gasteiger partial charge in [0.2, 0.25) is 0 Å². The summed E-state index contributed by atoms with van der Waals surface area (Å²) >= 11 is 3.48. The normalized spacial score (nSPS) is 10.6. The molecule has 2 N–H and O–H groups in total. The van der Waals surface area contributed by atoms with Gasteiger partial charge in [0.25, 0.3) is 11.8 Å². The zero-order valence-electron chi connectivity index (χ0n) is 18.2. The molecule has 2 amide bonds. The molecule has 0 unspecified atom stereocenters. The van der Waals surface area contributed by atoms with Gasteiger partial charge in [0, 0.05) is 23.4 Å². The molecule has 0 spiro atoms. The van der Waals surface area contributed by atoms with Crippen molar-refractivity contribution in [1.29, 1.82) is 0 Å². The molecule has 0 atom stereocenters. The predicted molar refractivity (Wildman–Crippen MR) is 131 cm³/mol. The average Bonchev–Trinajstić information content (AvgIpc) is 2.79. The lowest BCUT2D eigenvalue weighted by atomic mass is 10.1. The summed E-state index contributed by atoms with van der Waals surface area (Å²) in [5.41, 5.74) is 2.69. The molecule has 0 fully saturated rings. The van der Waals surface area contributed by atoms with Crippen LogP contribution in [0.2, 0.25) is 0 Å². The number of carbonyl (C=O) groups excluding carboxylic acids is 2. The first-order chi connectivity index (χ1) is 15.4. The zero-order chi connectivity index (χ0) is 22.9. The van der Waals surface area contributed by atoms with Gasteiger partial charge in [-0.3, -0.25) is 9.59 Å². The largest absolute Gasteiger partial charge is 0.492 e. The van der Waals surface area contributed by atoms with Gasteiger partial charge in [-0.25, -0.2) is 0 Å². The van der Waals surface area contributed by atoms with Gasteiger partial charge in [-0.05, 0) is 76.3 Å². The summed E-state index contributed by atoms with van der Waals surface area (Å²) in [7, 11) is 0. The number of rotatable bonds is 9. The molecule has 0 radical (unpaired) electrons. The molecule has 32 heavy (non-hydrogen) atoms. The van der Waals surface area contributed by atoms with Crippen LogP contribution < -0.4 is 15.4 Å². The summed E-state index contributed by atoms with van der Waals surface area (Å²) in [6, 6.07) is 21.8. The van der Waals surface area contributed by atoms with Crippen molar-refractivity contribution in [3.8, 4) is 5.75 Å². The predicted octanol–water partition coefficient (Wildman–Crippen LogP) is 6.06. The first-order valence-electron chi connectivity index (χ1n) is 10.6. The van der Waals surface area contributed by atoms with Gasteiger partial charge in [0.1, 0.15) is 5.75 Å². The van der Waals surface area contributed by atoms with Crippen molar-refractivity contribution >= 4 is 33.4 Å². The maximum absolute atomic E-state index is 12.6. The van der Waals surface area contributed by atoms with Crippen LogP contribution in [-0.2, 0) is 6.54 Å². The summed E-state index contributed by atoms with van der Waals surface area (Å²) in [4.78, 5) is 24.9. The number of ether oxygens (including phenoxy) is 1. The highest BCUT2D eigenvalue weighted by molar-refractivity contribution is 9.10. The molecule has 0 saturated carbocycles. The van der Waals surface area contributed by atoms with E-state index in [4.69, 9.17) is 4.74 Å². The molecule has 0 aliphatic heterocycles. The number of amides is 2. The lowest BCUT2D eigenvalue weighted by molar-refractivity contribution is 0.0950. The third-order valence-electron chi connectivity index (χ3n) is 4.85. The first-order valence-corrected chi connectivity index (χ1v) is 11.4. The highest BCUT2D eigenvalue weighted by Gasteiger charge is 2.11. The highest BCUT2D eigenvalue weighted by atomic mass is 79.9. The Morgan fingerprint density at radius 2 is 1.59 bits per heavy atom. The van der Waals surface area contributed by atoms with Gasteiger partial charge in [0.15, 0.2) is 0 Å². The Morgan fingerprint density at radius 1 is 0.906 bits per heavy atom. The fraction of sp³-hybridized carbons (Fsp3) is 0.231. The van der Waals surface area contributed by atoms with Crippen LogP contribution >= 0.6 is 15.9 Å². The van der Waals surface area contributed by atoms with E-state index in [1.165, 1.54) is 0 Å². The van der Waals surface area contributed by atoms with Gasteiger partial charge in [0.05, 0.1) is 11.1 Å². The molecule has 6 heteroatoms. The third-order valence-corrected chi connectivity index (χ3v) is 5.47. The Kier molecular flexibility index (Phi) is 8.45. The van der Waals surface area contributed by atoms with Gasteiger partial charge in [-0.15, -0.1) is 0 Å². The number of hydrogen-bond donors (Lipinski definition) is 2. The van der Waals surface area contributed by atoms with E-state index in [2.05, 4.69) is 40.4 Å². The summed E-state index contributed by atoms with van der Waals surface area (Å²) in [6.07, 6.45) is 0.967. The van der Waals surface area contributed by atoms with Crippen LogP contribution in [0.5, 0.6) is 5.75 Å². The number of anilines is 1. The first kappa shape index (κ1) is 23.5. The molecule has 3 rings (SSSR count). The Morgan fingerprint density at radius 3 is 2.25 bits per heavy atom. The molecule has 166 valence electrons. The van der Waals surface area contributed by atoms with Gasteiger partial charge in [-0.1, -0.05) is 44.2 Å². The fourth-order valence-corrected chi connectivity index (χ4v) is 3.45. The number of nitrogens with one attached hydrogen (secondary N) is 2. The molecule has 0 saturated heterocycles. The van der Waals surface area contributed by atoms with E-state index in [0.29, 0.717) is 41.6 Å².